The van der Waals surface area contributed by atoms with Crippen LogP contribution in [0.15, 0.2) is 12.1 Å². The van der Waals surface area contributed by atoms with Crippen LogP contribution in [0.4, 0.5) is 0 Å². The Bertz CT molecular complexity index is 439. The maximum atomic E-state index is 11.5. The molecule has 0 spiro atoms. The summed E-state index contributed by atoms with van der Waals surface area (Å²) in [6, 6.07) is 3.20. The number of carbonyl (C=O) groups excluding carboxylic acids is 2. The monoisotopic (exact) mass is 252 g/mol. The minimum atomic E-state index is -0.455. The SMILES string of the molecule is COC(=O)c1cc(CCC=O)c(OC)c(OC)c1. The van der Waals surface area contributed by atoms with E-state index in [1.54, 1.807) is 12.1 Å². The van der Waals surface area contributed by atoms with Crippen molar-refractivity contribution in [2.75, 3.05) is 21.3 Å². The summed E-state index contributed by atoms with van der Waals surface area (Å²) in [4.78, 5) is 22.0. The molecule has 0 unspecified atom stereocenters. The van der Waals surface area contributed by atoms with Gasteiger partial charge in [0.1, 0.15) is 6.29 Å². The van der Waals surface area contributed by atoms with Crippen LogP contribution in [0.2, 0.25) is 0 Å². The Morgan fingerprint density at radius 3 is 2.44 bits per heavy atom. The van der Waals surface area contributed by atoms with Gasteiger partial charge in [-0.2, -0.15) is 0 Å². The van der Waals surface area contributed by atoms with Crippen LogP contribution in [-0.2, 0) is 16.0 Å². The zero-order valence-electron chi connectivity index (χ0n) is 10.7. The highest BCUT2D eigenvalue weighted by Gasteiger charge is 2.16. The van der Waals surface area contributed by atoms with E-state index >= 15 is 0 Å². The molecule has 0 atom stereocenters. The number of benzene rings is 1. The van der Waals surface area contributed by atoms with E-state index in [-0.39, 0.29) is 0 Å². The second kappa shape index (κ2) is 6.64. The third-order valence-corrected chi connectivity index (χ3v) is 2.51. The molecule has 0 aliphatic heterocycles. The van der Waals surface area contributed by atoms with Crippen LogP contribution in [0.25, 0.3) is 0 Å². The molecule has 1 aromatic carbocycles. The molecule has 0 radical (unpaired) electrons. The molecule has 0 heterocycles. The summed E-state index contributed by atoms with van der Waals surface area (Å²) in [5.74, 6) is 0.525. The number of ether oxygens (including phenoxy) is 3. The topological polar surface area (TPSA) is 61.8 Å². The molecular weight excluding hydrogens is 236 g/mol. The first-order valence-electron chi connectivity index (χ1n) is 5.44. The minimum absolute atomic E-state index is 0.351. The highest BCUT2D eigenvalue weighted by Crippen LogP contribution is 2.33. The lowest BCUT2D eigenvalue weighted by Crippen LogP contribution is -2.05. The number of hydrogen-bond donors (Lipinski definition) is 0. The lowest BCUT2D eigenvalue weighted by atomic mass is 10.0. The molecule has 0 amide bonds. The summed E-state index contributed by atoms with van der Waals surface area (Å²) in [6.07, 6.45) is 1.65. The summed E-state index contributed by atoms with van der Waals surface area (Å²) in [5.41, 5.74) is 1.11. The van der Waals surface area contributed by atoms with Gasteiger partial charge in [0.05, 0.1) is 26.9 Å². The molecule has 0 aromatic heterocycles. The van der Waals surface area contributed by atoms with Crippen molar-refractivity contribution in [2.45, 2.75) is 12.8 Å². The molecule has 98 valence electrons. The lowest BCUT2D eigenvalue weighted by molar-refractivity contribution is -0.107. The number of aryl methyl sites for hydroxylation is 1. The van der Waals surface area contributed by atoms with E-state index in [0.29, 0.717) is 29.9 Å². The Labute approximate surface area is 106 Å². The molecule has 1 aromatic rings. The fourth-order valence-corrected chi connectivity index (χ4v) is 1.68. The summed E-state index contributed by atoms with van der Waals surface area (Å²) < 4.78 is 15.1. The van der Waals surface area contributed by atoms with Gasteiger partial charge in [-0.3, -0.25) is 0 Å². The lowest BCUT2D eigenvalue weighted by Gasteiger charge is -2.13. The number of carbonyl (C=O) groups is 2. The molecule has 5 heteroatoms. The molecule has 5 nitrogen and oxygen atoms in total. The van der Waals surface area contributed by atoms with Crippen molar-refractivity contribution in [3.8, 4) is 11.5 Å². The van der Waals surface area contributed by atoms with E-state index < -0.39 is 5.97 Å². The summed E-state index contributed by atoms with van der Waals surface area (Å²) in [5, 5.41) is 0. The zero-order valence-corrected chi connectivity index (χ0v) is 10.7. The Hall–Kier alpha value is -2.04. The van der Waals surface area contributed by atoms with E-state index in [4.69, 9.17) is 9.47 Å². The maximum Gasteiger partial charge on any atom is 0.337 e. The first-order valence-corrected chi connectivity index (χ1v) is 5.44. The Balaban J connectivity index is 3.25. The molecular formula is C13H16O5. The van der Waals surface area contributed by atoms with Crippen molar-refractivity contribution >= 4 is 12.3 Å². The summed E-state index contributed by atoms with van der Waals surface area (Å²) in [7, 11) is 4.31. The predicted molar refractivity (Wildman–Crippen MR) is 65.3 cm³/mol. The summed E-state index contributed by atoms with van der Waals surface area (Å²) in [6.45, 7) is 0. The Morgan fingerprint density at radius 2 is 1.94 bits per heavy atom. The fraction of sp³-hybridized carbons (Fsp3) is 0.385. The molecule has 0 bridgehead atoms. The quantitative estimate of drug-likeness (QED) is 0.568. The van der Waals surface area contributed by atoms with Crippen molar-refractivity contribution < 1.29 is 23.8 Å². The maximum absolute atomic E-state index is 11.5. The van der Waals surface area contributed by atoms with E-state index in [1.807, 2.05) is 0 Å². The van der Waals surface area contributed by atoms with Gasteiger partial charge in [-0.1, -0.05) is 0 Å². The van der Waals surface area contributed by atoms with E-state index in [1.165, 1.54) is 21.3 Å². The average molecular weight is 252 g/mol. The van der Waals surface area contributed by atoms with Crippen LogP contribution in [0.5, 0.6) is 11.5 Å². The first kappa shape index (κ1) is 14.0. The van der Waals surface area contributed by atoms with Crippen LogP contribution >= 0.6 is 0 Å². The highest BCUT2D eigenvalue weighted by atomic mass is 16.5. The van der Waals surface area contributed by atoms with Gasteiger partial charge >= 0.3 is 5.97 Å². The molecule has 0 aliphatic rings. The van der Waals surface area contributed by atoms with Crippen molar-refractivity contribution in [1.29, 1.82) is 0 Å². The number of hydrogen-bond acceptors (Lipinski definition) is 5. The van der Waals surface area contributed by atoms with E-state index in [2.05, 4.69) is 4.74 Å². The fourth-order valence-electron chi connectivity index (χ4n) is 1.68. The molecule has 1 rings (SSSR count). The number of aldehydes is 1. The average Bonchev–Trinajstić information content (AvgIpc) is 2.42. The molecule has 0 saturated carbocycles. The van der Waals surface area contributed by atoms with Crippen LogP contribution in [-0.4, -0.2) is 33.6 Å². The van der Waals surface area contributed by atoms with Gasteiger partial charge in [0.25, 0.3) is 0 Å². The number of methoxy groups -OCH3 is 3. The van der Waals surface area contributed by atoms with Crippen molar-refractivity contribution in [2.24, 2.45) is 0 Å². The summed E-state index contributed by atoms with van der Waals surface area (Å²) >= 11 is 0. The second-order valence-corrected chi connectivity index (χ2v) is 3.57. The second-order valence-electron chi connectivity index (χ2n) is 3.57. The largest absolute Gasteiger partial charge is 0.493 e. The van der Waals surface area contributed by atoms with Crippen molar-refractivity contribution in [3.05, 3.63) is 23.3 Å². The predicted octanol–water partition coefficient (Wildman–Crippen LogP) is 1.62. The van der Waals surface area contributed by atoms with Gasteiger partial charge in [-0.05, 0) is 24.1 Å². The van der Waals surface area contributed by atoms with Gasteiger partial charge in [-0.15, -0.1) is 0 Å². The van der Waals surface area contributed by atoms with E-state index in [0.717, 1.165) is 11.8 Å². The normalized spacial score (nSPS) is 9.72. The van der Waals surface area contributed by atoms with Crippen molar-refractivity contribution in [3.63, 3.8) is 0 Å². The van der Waals surface area contributed by atoms with Gasteiger partial charge in [0, 0.05) is 6.42 Å². The Morgan fingerprint density at radius 1 is 1.22 bits per heavy atom. The van der Waals surface area contributed by atoms with Crippen LogP contribution in [0.3, 0.4) is 0 Å². The minimum Gasteiger partial charge on any atom is -0.493 e. The zero-order chi connectivity index (χ0) is 13.5. The molecule has 18 heavy (non-hydrogen) atoms. The smallest absolute Gasteiger partial charge is 0.337 e. The van der Waals surface area contributed by atoms with Gasteiger partial charge < -0.3 is 19.0 Å². The van der Waals surface area contributed by atoms with Crippen LogP contribution in [0.1, 0.15) is 22.3 Å². The van der Waals surface area contributed by atoms with Crippen LogP contribution < -0.4 is 9.47 Å². The third kappa shape index (κ3) is 3.00. The van der Waals surface area contributed by atoms with Gasteiger partial charge in [0.15, 0.2) is 11.5 Å². The standard InChI is InChI=1S/C13H16O5/c1-16-11-8-10(13(15)18-3)7-9(5-4-6-14)12(11)17-2/h6-8H,4-5H2,1-3H3. The number of esters is 1. The van der Waals surface area contributed by atoms with E-state index in [9.17, 15) is 9.59 Å². The first-order chi connectivity index (χ1) is 8.67. The van der Waals surface area contributed by atoms with Gasteiger partial charge in [-0.25, -0.2) is 4.79 Å². The van der Waals surface area contributed by atoms with Crippen molar-refractivity contribution in [1.82, 2.24) is 0 Å². The highest BCUT2D eigenvalue weighted by molar-refractivity contribution is 5.90. The molecule has 0 aliphatic carbocycles. The molecule has 0 N–H and O–H groups in total. The Kier molecular flexibility index (Phi) is 5.17. The third-order valence-electron chi connectivity index (χ3n) is 2.51. The molecule has 0 fully saturated rings. The molecule has 0 saturated heterocycles. The van der Waals surface area contributed by atoms with Gasteiger partial charge in [0.2, 0.25) is 0 Å². The van der Waals surface area contributed by atoms with Crippen LogP contribution in [0, 0.1) is 0 Å². The number of rotatable bonds is 6.